The average molecular weight is 378 g/mol. The van der Waals surface area contributed by atoms with Crippen LogP contribution in [0.3, 0.4) is 0 Å². The predicted molar refractivity (Wildman–Crippen MR) is 92.0 cm³/mol. The Balaban J connectivity index is 1.44. The van der Waals surface area contributed by atoms with Gasteiger partial charge in [0, 0.05) is 19.0 Å². The molecule has 1 fully saturated rings. The molecule has 8 heteroatoms. The quantitative estimate of drug-likeness (QED) is 0.840. The third-order valence-electron chi connectivity index (χ3n) is 4.82. The Morgan fingerprint density at radius 3 is 2.70 bits per heavy atom. The number of ether oxygens (including phenoxy) is 2. The van der Waals surface area contributed by atoms with Crippen LogP contribution in [0, 0.1) is 0 Å². The number of hydrogen-bond donors (Lipinski definition) is 1. The summed E-state index contributed by atoms with van der Waals surface area (Å²) in [7, 11) is 0. The molecule has 0 aromatic heterocycles. The molecular weight excluding hydrogens is 361 g/mol. The molecule has 2 aromatic rings. The molecule has 0 spiro atoms. The normalized spacial score (nSPS) is 18.6. The fourth-order valence-electron chi connectivity index (χ4n) is 3.42. The molecule has 0 saturated carbocycles. The topological polar surface area (TPSA) is 50.8 Å². The van der Waals surface area contributed by atoms with Crippen molar-refractivity contribution in [2.45, 2.75) is 18.5 Å². The van der Waals surface area contributed by atoms with E-state index >= 15 is 0 Å². The van der Waals surface area contributed by atoms with Crippen molar-refractivity contribution >= 4 is 11.7 Å². The summed E-state index contributed by atoms with van der Waals surface area (Å²) in [4.78, 5) is 14.0. The van der Waals surface area contributed by atoms with E-state index < -0.39 is 17.8 Å². The van der Waals surface area contributed by atoms with Crippen molar-refractivity contribution in [2.24, 2.45) is 0 Å². The predicted octanol–water partition coefficient (Wildman–Crippen LogP) is 4.46. The zero-order chi connectivity index (χ0) is 19.0. The monoisotopic (exact) mass is 378 g/mol. The summed E-state index contributed by atoms with van der Waals surface area (Å²) >= 11 is 0. The lowest BCUT2D eigenvalue weighted by Gasteiger charge is -2.20. The number of halogens is 3. The largest absolute Gasteiger partial charge is 0.454 e. The van der Waals surface area contributed by atoms with Gasteiger partial charge in [-0.25, -0.2) is 4.79 Å². The number of urea groups is 1. The molecule has 2 aliphatic rings. The number of nitrogens with one attached hydrogen (secondary N) is 1. The molecule has 27 heavy (non-hydrogen) atoms. The van der Waals surface area contributed by atoms with Crippen LogP contribution in [0.2, 0.25) is 0 Å². The van der Waals surface area contributed by atoms with Gasteiger partial charge in [0.2, 0.25) is 6.79 Å². The first-order valence-corrected chi connectivity index (χ1v) is 8.53. The molecule has 2 heterocycles. The summed E-state index contributed by atoms with van der Waals surface area (Å²) in [6, 6.07) is 10.1. The highest BCUT2D eigenvalue weighted by atomic mass is 19.4. The van der Waals surface area contributed by atoms with E-state index in [0.717, 1.165) is 18.1 Å². The highest BCUT2D eigenvalue weighted by Gasteiger charge is 2.35. The van der Waals surface area contributed by atoms with Crippen LogP contribution in [-0.2, 0) is 6.18 Å². The molecule has 2 amide bonds. The Kier molecular flexibility index (Phi) is 4.33. The Morgan fingerprint density at radius 2 is 1.89 bits per heavy atom. The van der Waals surface area contributed by atoms with E-state index in [1.165, 1.54) is 23.1 Å². The van der Waals surface area contributed by atoms with Gasteiger partial charge in [-0.15, -0.1) is 0 Å². The third-order valence-corrected chi connectivity index (χ3v) is 4.82. The first kappa shape index (κ1) is 17.5. The molecule has 0 radical (unpaired) electrons. The van der Waals surface area contributed by atoms with E-state index in [2.05, 4.69) is 5.32 Å². The number of hydrogen-bond acceptors (Lipinski definition) is 3. The van der Waals surface area contributed by atoms with Crippen LogP contribution >= 0.6 is 0 Å². The summed E-state index contributed by atoms with van der Waals surface area (Å²) < 4.78 is 49.9. The van der Waals surface area contributed by atoms with Crippen molar-refractivity contribution in [3.05, 3.63) is 53.6 Å². The molecule has 2 aromatic carbocycles. The molecule has 1 atom stereocenters. The number of likely N-dealkylation sites (tertiary alicyclic amines) is 1. The molecule has 142 valence electrons. The minimum atomic E-state index is -4.52. The zero-order valence-electron chi connectivity index (χ0n) is 14.3. The molecule has 1 unspecified atom stereocenters. The maximum atomic E-state index is 13.1. The van der Waals surface area contributed by atoms with Crippen LogP contribution in [0.25, 0.3) is 0 Å². The Morgan fingerprint density at radius 1 is 1.11 bits per heavy atom. The maximum absolute atomic E-state index is 13.1. The number of carbonyl (C=O) groups excluding carboxylic acids is 1. The van der Waals surface area contributed by atoms with E-state index in [1.54, 1.807) is 0 Å². The van der Waals surface area contributed by atoms with Crippen LogP contribution in [0.15, 0.2) is 42.5 Å². The first-order valence-electron chi connectivity index (χ1n) is 8.53. The first-order chi connectivity index (χ1) is 12.9. The van der Waals surface area contributed by atoms with Gasteiger partial charge < -0.3 is 19.7 Å². The molecule has 4 rings (SSSR count). The summed E-state index contributed by atoms with van der Waals surface area (Å²) in [5.41, 5.74) is -0.0726. The second-order valence-corrected chi connectivity index (χ2v) is 6.52. The molecule has 2 aliphatic heterocycles. The Bertz CT molecular complexity index is 870. The van der Waals surface area contributed by atoms with Crippen LogP contribution in [0.4, 0.5) is 23.7 Å². The van der Waals surface area contributed by atoms with Gasteiger partial charge in [-0.2, -0.15) is 13.2 Å². The van der Waals surface area contributed by atoms with Crippen molar-refractivity contribution in [3.63, 3.8) is 0 Å². The molecule has 1 saturated heterocycles. The maximum Gasteiger partial charge on any atom is 0.418 e. The number of carbonyl (C=O) groups is 1. The lowest BCUT2D eigenvalue weighted by atomic mass is 9.98. The van der Waals surface area contributed by atoms with Gasteiger partial charge >= 0.3 is 12.2 Å². The number of nitrogens with zero attached hydrogens (tertiary/aromatic N) is 1. The van der Waals surface area contributed by atoms with E-state index in [-0.39, 0.29) is 18.4 Å². The summed E-state index contributed by atoms with van der Waals surface area (Å²) in [6.45, 7) is 1.09. The summed E-state index contributed by atoms with van der Waals surface area (Å²) in [6.07, 6.45) is -3.79. The molecule has 0 aliphatic carbocycles. The lowest BCUT2D eigenvalue weighted by molar-refractivity contribution is -0.136. The number of rotatable bonds is 2. The third kappa shape index (κ3) is 3.51. The summed E-state index contributed by atoms with van der Waals surface area (Å²) in [5, 5.41) is 2.39. The average Bonchev–Trinajstić information content (AvgIpc) is 3.30. The standard InChI is InChI=1S/C19H17F3N2O3/c20-19(21,22)14-3-1-2-4-15(14)23-18(25)24-8-7-13(10-24)12-5-6-16-17(9-12)27-11-26-16/h1-6,9,13H,7-8,10-11H2,(H,23,25). The number of benzene rings is 2. The molecule has 1 N–H and O–H groups in total. The summed E-state index contributed by atoms with van der Waals surface area (Å²) in [5.74, 6) is 1.47. The smallest absolute Gasteiger partial charge is 0.418 e. The second kappa shape index (κ2) is 6.68. The SMILES string of the molecule is O=C(Nc1ccccc1C(F)(F)F)N1CCC(c2ccc3c(c2)OCO3)C1. The number of fused-ring (bicyclic) bond motifs is 1. The van der Waals surface area contributed by atoms with Crippen LogP contribution < -0.4 is 14.8 Å². The highest BCUT2D eigenvalue weighted by molar-refractivity contribution is 5.90. The van der Waals surface area contributed by atoms with Crippen molar-refractivity contribution in [1.29, 1.82) is 0 Å². The number of anilines is 1. The van der Waals surface area contributed by atoms with E-state index in [4.69, 9.17) is 9.47 Å². The number of para-hydroxylation sites is 1. The minimum Gasteiger partial charge on any atom is -0.454 e. The molecule has 0 bridgehead atoms. The van der Waals surface area contributed by atoms with Crippen molar-refractivity contribution in [2.75, 3.05) is 25.2 Å². The van der Waals surface area contributed by atoms with E-state index in [0.29, 0.717) is 24.6 Å². The second-order valence-electron chi connectivity index (χ2n) is 6.52. The van der Waals surface area contributed by atoms with Gasteiger partial charge in [0.25, 0.3) is 0 Å². The zero-order valence-corrected chi connectivity index (χ0v) is 14.3. The van der Waals surface area contributed by atoms with Crippen LogP contribution in [-0.4, -0.2) is 30.8 Å². The van der Waals surface area contributed by atoms with E-state index in [9.17, 15) is 18.0 Å². The minimum absolute atomic E-state index is 0.100. The van der Waals surface area contributed by atoms with Crippen molar-refractivity contribution < 1.29 is 27.4 Å². The fourth-order valence-corrected chi connectivity index (χ4v) is 3.42. The number of alkyl halides is 3. The highest BCUT2D eigenvalue weighted by Crippen LogP contribution is 2.38. The Labute approximate surface area is 153 Å². The van der Waals surface area contributed by atoms with Gasteiger partial charge in [0.05, 0.1) is 11.3 Å². The van der Waals surface area contributed by atoms with Gasteiger partial charge in [0.1, 0.15) is 0 Å². The molecular formula is C19H17F3N2O3. The Hall–Kier alpha value is -2.90. The van der Waals surface area contributed by atoms with Crippen LogP contribution in [0.1, 0.15) is 23.5 Å². The number of amides is 2. The van der Waals surface area contributed by atoms with Crippen LogP contribution in [0.5, 0.6) is 11.5 Å². The van der Waals surface area contributed by atoms with Crippen molar-refractivity contribution in [1.82, 2.24) is 4.90 Å². The lowest BCUT2D eigenvalue weighted by Crippen LogP contribution is -2.33. The van der Waals surface area contributed by atoms with Crippen molar-refractivity contribution in [3.8, 4) is 11.5 Å². The van der Waals surface area contributed by atoms with E-state index in [1.807, 2.05) is 18.2 Å². The van der Waals surface area contributed by atoms with Gasteiger partial charge in [-0.05, 0) is 36.2 Å². The van der Waals surface area contributed by atoms with Gasteiger partial charge in [-0.3, -0.25) is 0 Å². The van der Waals surface area contributed by atoms with Gasteiger partial charge in [0.15, 0.2) is 11.5 Å². The fraction of sp³-hybridized carbons (Fsp3) is 0.316. The van der Waals surface area contributed by atoms with Gasteiger partial charge in [-0.1, -0.05) is 18.2 Å². The molecule has 5 nitrogen and oxygen atoms in total.